The first kappa shape index (κ1) is 18.1. The van der Waals surface area contributed by atoms with E-state index in [9.17, 15) is 14.0 Å². The number of amides is 2. The SMILES string of the molecule is CC1(C)C(=O)N(Cc2ccccc2Cl)N=C1NC(=O)c1ccc(F)cc1. The zero-order valence-corrected chi connectivity index (χ0v) is 15.0. The van der Waals surface area contributed by atoms with Crippen molar-refractivity contribution in [3.8, 4) is 0 Å². The van der Waals surface area contributed by atoms with Gasteiger partial charge in [-0.25, -0.2) is 9.40 Å². The van der Waals surface area contributed by atoms with Crippen LogP contribution in [0.15, 0.2) is 53.6 Å². The number of amidine groups is 1. The van der Waals surface area contributed by atoms with Gasteiger partial charge >= 0.3 is 0 Å². The van der Waals surface area contributed by atoms with Gasteiger partial charge in [0.1, 0.15) is 17.1 Å². The van der Waals surface area contributed by atoms with Crippen LogP contribution in [0.25, 0.3) is 0 Å². The number of hydrazone groups is 1. The van der Waals surface area contributed by atoms with Gasteiger partial charge in [-0.3, -0.25) is 9.59 Å². The molecule has 1 N–H and O–H groups in total. The van der Waals surface area contributed by atoms with Gasteiger partial charge in [0, 0.05) is 10.6 Å². The van der Waals surface area contributed by atoms with Crippen molar-refractivity contribution < 1.29 is 14.0 Å². The van der Waals surface area contributed by atoms with Gasteiger partial charge in [-0.1, -0.05) is 29.8 Å². The fraction of sp³-hybridized carbons (Fsp3) is 0.211. The largest absolute Gasteiger partial charge is 0.308 e. The molecule has 7 heteroatoms. The highest BCUT2D eigenvalue weighted by atomic mass is 35.5. The van der Waals surface area contributed by atoms with Gasteiger partial charge in [0.05, 0.1) is 6.54 Å². The maximum absolute atomic E-state index is 13.0. The zero-order valence-electron chi connectivity index (χ0n) is 14.3. The molecular weight excluding hydrogens is 357 g/mol. The van der Waals surface area contributed by atoms with E-state index in [1.165, 1.54) is 29.3 Å². The summed E-state index contributed by atoms with van der Waals surface area (Å²) in [6, 6.07) is 12.3. The van der Waals surface area contributed by atoms with Crippen LogP contribution in [0.5, 0.6) is 0 Å². The van der Waals surface area contributed by atoms with Crippen LogP contribution in [-0.4, -0.2) is 22.7 Å². The number of benzene rings is 2. The smallest absolute Gasteiger partial charge is 0.256 e. The van der Waals surface area contributed by atoms with Crippen LogP contribution in [0.3, 0.4) is 0 Å². The van der Waals surface area contributed by atoms with Crippen molar-refractivity contribution >= 4 is 29.3 Å². The van der Waals surface area contributed by atoms with Crippen molar-refractivity contribution in [1.82, 2.24) is 10.3 Å². The third-order valence-electron chi connectivity index (χ3n) is 4.20. The average Bonchev–Trinajstić information content (AvgIpc) is 2.81. The van der Waals surface area contributed by atoms with Gasteiger partial charge in [0.15, 0.2) is 0 Å². The second-order valence-corrected chi connectivity index (χ2v) is 6.90. The fourth-order valence-electron chi connectivity index (χ4n) is 2.57. The van der Waals surface area contributed by atoms with E-state index in [2.05, 4.69) is 10.4 Å². The number of nitrogens with one attached hydrogen (secondary N) is 1. The van der Waals surface area contributed by atoms with Crippen LogP contribution in [0.4, 0.5) is 4.39 Å². The Balaban J connectivity index is 1.81. The van der Waals surface area contributed by atoms with E-state index in [4.69, 9.17) is 11.6 Å². The summed E-state index contributed by atoms with van der Waals surface area (Å²) >= 11 is 6.15. The number of hydrogen-bond donors (Lipinski definition) is 1. The molecule has 2 aromatic rings. The molecule has 0 saturated carbocycles. The Morgan fingerprint density at radius 1 is 1.19 bits per heavy atom. The van der Waals surface area contributed by atoms with Crippen molar-refractivity contribution in [3.05, 3.63) is 70.5 Å². The lowest BCUT2D eigenvalue weighted by atomic mass is 9.91. The monoisotopic (exact) mass is 373 g/mol. The Labute approximate surface area is 155 Å². The topological polar surface area (TPSA) is 61.8 Å². The van der Waals surface area contributed by atoms with Crippen LogP contribution < -0.4 is 5.32 Å². The second-order valence-electron chi connectivity index (χ2n) is 6.49. The van der Waals surface area contributed by atoms with Crippen LogP contribution >= 0.6 is 11.6 Å². The average molecular weight is 374 g/mol. The lowest BCUT2D eigenvalue weighted by Gasteiger charge is -2.19. The normalized spacial score (nSPS) is 15.8. The number of carbonyl (C=O) groups is 2. The highest BCUT2D eigenvalue weighted by Crippen LogP contribution is 2.29. The Bertz CT molecular complexity index is 894. The maximum atomic E-state index is 13.0. The lowest BCUT2D eigenvalue weighted by Crippen LogP contribution is -2.42. The molecule has 0 bridgehead atoms. The first-order valence-corrected chi connectivity index (χ1v) is 8.38. The summed E-state index contributed by atoms with van der Waals surface area (Å²) in [6.07, 6.45) is 0. The van der Waals surface area contributed by atoms with Crippen molar-refractivity contribution in [1.29, 1.82) is 0 Å². The van der Waals surface area contributed by atoms with Gasteiger partial charge in [0.2, 0.25) is 0 Å². The molecule has 0 atom stereocenters. The van der Waals surface area contributed by atoms with Crippen LogP contribution in [0.1, 0.15) is 29.8 Å². The molecule has 0 spiro atoms. The molecule has 1 heterocycles. The Kier molecular flexibility index (Phi) is 4.78. The summed E-state index contributed by atoms with van der Waals surface area (Å²) in [5.74, 6) is -0.888. The number of rotatable bonds is 3. The molecule has 1 aliphatic rings. The number of carbonyl (C=O) groups excluding carboxylic acids is 2. The van der Waals surface area contributed by atoms with Crippen LogP contribution in [0, 0.1) is 11.2 Å². The molecule has 0 radical (unpaired) electrons. The highest BCUT2D eigenvalue weighted by molar-refractivity contribution is 6.31. The third-order valence-corrected chi connectivity index (χ3v) is 4.57. The standard InChI is InChI=1S/C19H17ClFN3O2/c1-19(2)17(22-16(25)12-7-9-14(21)10-8-12)23-24(18(19)26)11-13-5-3-4-6-15(13)20/h3-10H,11H2,1-2H3,(H,22,23,25). The van der Waals surface area contributed by atoms with E-state index < -0.39 is 17.1 Å². The predicted octanol–water partition coefficient (Wildman–Crippen LogP) is 3.59. The summed E-state index contributed by atoms with van der Waals surface area (Å²) < 4.78 is 13.0. The summed E-state index contributed by atoms with van der Waals surface area (Å²) in [5.41, 5.74) is 0.0480. The van der Waals surface area contributed by atoms with Crippen molar-refractivity contribution in [3.63, 3.8) is 0 Å². The minimum absolute atomic E-state index is 0.206. The molecule has 0 aromatic heterocycles. The third kappa shape index (κ3) is 3.46. The highest BCUT2D eigenvalue weighted by Gasteiger charge is 2.44. The summed E-state index contributed by atoms with van der Waals surface area (Å²) in [6.45, 7) is 3.58. The van der Waals surface area contributed by atoms with Crippen LogP contribution in [-0.2, 0) is 11.3 Å². The molecular formula is C19H17ClFN3O2. The van der Waals surface area contributed by atoms with Crippen molar-refractivity contribution in [2.75, 3.05) is 0 Å². The molecule has 3 rings (SSSR count). The van der Waals surface area contributed by atoms with Gasteiger partial charge < -0.3 is 5.32 Å². The molecule has 1 aliphatic heterocycles. The molecule has 0 saturated heterocycles. The molecule has 5 nitrogen and oxygen atoms in total. The van der Waals surface area contributed by atoms with Gasteiger partial charge in [-0.05, 0) is 49.7 Å². The summed E-state index contributed by atoms with van der Waals surface area (Å²) in [5, 5.41) is 8.77. The first-order chi connectivity index (χ1) is 12.3. The molecule has 26 heavy (non-hydrogen) atoms. The molecule has 0 fully saturated rings. The van der Waals surface area contributed by atoms with Crippen LogP contribution in [0.2, 0.25) is 5.02 Å². The molecule has 0 unspecified atom stereocenters. The zero-order chi connectivity index (χ0) is 18.9. The Hall–Kier alpha value is -2.73. The lowest BCUT2D eigenvalue weighted by molar-refractivity contribution is -0.135. The molecule has 2 amide bonds. The van der Waals surface area contributed by atoms with E-state index in [0.29, 0.717) is 5.02 Å². The molecule has 0 aliphatic carbocycles. The van der Waals surface area contributed by atoms with E-state index in [1.807, 2.05) is 12.1 Å². The Morgan fingerprint density at radius 2 is 1.85 bits per heavy atom. The fourth-order valence-corrected chi connectivity index (χ4v) is 2.77. The number of nitrogens with zero attached hydrogens (tertiary/aromatic N) is 2. The van der Waals surface area contributed by atoms with Gasteiger partial charge in [0.25, 0.3) is 11.8 Å². The van der Waals surface area contributed by atoms with E-state index in [0.717, 1.165) is 5.56 Å². The quantitative estimate of drug-likeness (QED) is 0.893. The van der Waals surface area contributed by atoms with Gasteiger partial charge in [-0.15, -0.1) is 0 Å². The second kappa shape index (κ2) is 6.88. The number of halogens is 2. The van der Waals surface area contributed by atoms with Crippen molar-refractivity contribution in [2.45, 2.75) is 20.4 Å². The first-order valence-electron chi connectivity index (χ1n) is 8.00. The van der Waals surface area contributed by atoms with Crippen molar-refractivity contribution in [2.24, 2.45) is 10.5 Å². The van der Waals surface area contributed by atoms with E-state index in [-0.39, 0.29) is 23.9 Å². The maximum Gasteiger partial charge on any atom is 0.256 e. The van der Waals surface area contributed by atoms with Gasteiger partial charge in [-0.2, -0.15) is 5.10 Å². The number of hydrogen-bond acceptors (Lipinski definition) is 3. The Morgan fingerprint density at radius 3 is 2.50 bits per heavy atom. The van der Waals surface area contributed by atoms with E-state index >= 15 is 0 Å². The van der Waals surface area contributed by atoms with E-state index in [1.54, 1.807) is 26.0 Å². The molecule has 134 valence electrons. The minimum Gasteiger partial charge on any atom is -0.308 e. The summed E-state index contributed by atoms with van der Waals surface area (Å²) in [7, 11) is 0. The summed E-state index contributed by atoms with van der Waals surface area (Å²) in [4.78, 5) is 25.0. The minimum atomic E-state index is -0.989. The predicted molar refractivity (Wildman–Crippen MR) is 97.1 cm³/mol. The molecule has 2 aromatic carbocycles.